The first-order chi connectivity index (χ1) is 15.7. The quantitative estimate of drug-likeness (QED) is 0.166. The summed E-state index contributed by atoms with van der Waals surface area (Å²) in [5.74, 6) is -0.199. The molecule has 0 saturated carbocycles. The zero-order valence-corrected chi connectivity index (χ0v) is 18.7. The summed E-state index contributed by atoms with van der Waals surface area (Å²) >= 11 is 0. The number of Topliss-reactive ketones (excluding diaryl/α,β-unsaturated/α-hetero) is 1. The van der Waals surface area contributed by atoms with Gasteiger partial charge in [-0.3, -0.25) is 4.79 Å². The summed E-state index contributed by atoms with van der Waals surface area (Å²) in [6, 6.07) is 7.20. The van der Waals surface area contributed by atoms with Crippen LogP contribution in [0.15, 0.2) is 41.7 Å². The van der Waals surface area contributed by atoms with E-state index in [4.69, 9.17) is 23.7 Å². The molecule has 0 aliphatic carbocycles. The Hall–Kier alpha value is -2.64. The molecule has 0 radical (unpaired) electrons. The molecule has 0 spiro atoms. The minimum atomic E-state index is -0.658. The zero-order chi connectivity index (χ0) is 22.6. The molecule has 1 fully saturated rings. The van der Waals surface area contributed by atoms with Crippen LogP contribution in [0.25, 0.3) is 6.08 Å². The van der Waals surface area contributed by atoms with Crippen molar-refractivity contribution in [3.05, 3.63) is 47.2 Å². The third kappa shape index (κ3) is 7.50. The molecule has 32 heavy (non-hydrogen) atoms. The standard InChI is InChI=1S/C25H32O7/c1-2-28-25(27)21(24(26)22-8-3-5-14-30-22)18-19-10-12-20(13-11-19)29-16-7-17-32-23-9-4-6-15-31-23/h8,10-13,18,23H,2-7,9,14-17H2,1H3/b21-18-. The van der Waals surface area contributed by atoms with Crippen LogP contribution in [0.4, 0.5) is 0 Å². The molecule has 7 heteroatoms. The van der Waals surface area contributed by atoms with Crippen molar-refractivity contribution in [2.45, 2.75) is 51.7 Å². The number of rotatable bonds is 11. The smallest absolute Gasteiger partial charge is 0.342 e. The van der Waals surface area contributed by atoms with Crippen LogP contribution in [-0.2, 0) is 28.5 Å². The number of allylic oxidation sites excluding steroid dienone is 2. The van der Waals surface area contributed by atoms with E-state index >= 15 is 0 Å². The maximum absolute atomic E-state index is 12.8. The van der Waals surface area contributed by atoms with Gasteiger partial charge in [0.1, 0.15) is 11.3 Å². The Morgan fingerprint density at radius 3 is 2.62 bits per heavy atom. The monoisotopic (exact) mass is 444 g/mol. The van der Waals surface area contributed by atoms with Gasteiger partial charge in [0.2, 0.25) is 5.78 Å². The number of hydrogen-bond acceptors (Lipinski definition) is 7. The molecule has 2 aliphatic rings. The van der Waals surface area contributed by atoms with Crippen molar-refractivity contribution in [2.24, 2.45) is 0 Å². The second-order valence-electron chi connectivity index (χ2n) is 7.60. The topological polar surface area (TPSA) is 80.3 Å². The number of ketones is 1. The van der Waals surface area contributed by atoms with E-state index in [1.807, 2.05) is 0 Å². The fourth-order valence-corrected chi connectivity index (χ4v) is 3.41. The van der Waals surface area contributed by atoms with Crippen molar-refractivity contribution >= 4 is 17.8 Å². The predicted molar refractivity (Wildman–Crippen MR) is 119 cm³/mol. The molecule has 2 heterocycles. The van der Waals surface area contributed by atoms with Gasteiger partial charge < -0.3 is 23.7 Å². The summed E-state index contributed by atoms with van der Waals surface area (Å²) in [6.45, 7) is 4.26. The number of carbonyl (C=O) groups excluding carboxylic acids is 2. The first-order valence-electron chi connectivity index (χ1n) is 11.4. The van der Waals surface area contributed by atoms with E-state index in [-0.39, 0.29) is 24.2 Å². The van der Waals surface area contributed by atoms with E-state index in [1.165, 1.54) is 6.08 Å². The van der Waals surface area contributed by atoms with Crippen LogP contribution in [0.2, 0.25) is 0 Å². The highest BCUT2D eigenvalue weighted by molar-refractivity contribution is 6.26. The number of carbonyl (C=O) groups is 2. The van der Waals surface area contributed by atoms with E-state index in [0.29, 0.717) is 31.1 Å². The van der Waals surface area contributed by atoms with E-state index in [1.54, 1.807) is 37.3 Å². The average Bonchev–Trinajstić information content (AvgIpc) is 2.84. The molecule has 0 aromatic heterocycles. The molecule has 1 aromatic rings. The van der Waals surface area contributed by atoms with E-state index in [2.05, 4.69) is 0 Å². The van der Waals surface area contributed by atoms with Crippen molar-refractivity contribution in [1.29, 1.82) is 0 Å². The first-order valence-corrected chi connectivity index (χ1v) is 11.4. The Bertz CT molecular complexity index is 804. The molecule has 0 bridgehead atoms. The molecule has 2 aliphatic heterocycles. The molecule has 1 unspecified atom stereocenters. The van der Waals surface area contributed by atoms with Crippen LogP contribution >= 0.6 is 0 Å². The van der Waals surface area contributed by atoms with Crippen LogP contribution in [0.5, 0.6) is 5.75 Å². The van der Waals surface area contributed by atoms with Gasteiger partial charge in [-0.05, 0) is 68.9 Å². The van der Waals surface area contributed by atoms with Crippen LogP contribution in [0.1, 0.15) is 51.0 Å². The Kier molecular flexibility index (Phi) is 9.78. The average molecular weight is 445 g/mol. The molecule has 0 N–H and O–H groups in total. The zero-order valence-electron chi connectivity index (χ0n) is 18.7. The Morgan fingerprint density at radius 1 is 1.09 bits per heavy atom. The van der Waals surface area contributed by atoms with Gasteiger partial charge in [0.25, 0.3) is 0 Å². The van der Waals surface area contributed by atoms with Crippen LogP contribution < -0.4 is 4.74 Å². The summed E-state index contributed by atoms with van der Waals surface area (Å²) in [5, 5.41) is 0. The van der Waals surface area contributed by atoms with Crippen LogP contribution in [0, 0.1) is 0 Å². The highest BCUT2D eigenvalue weighted by atomic mass is 16.7. The lowest BCUT2D eigenvalue weighted by atomic mass is 10.0. The minimum Gasteiger partial charge on any atom is -0.494 e. The molecule has 1 aromatic carbocycles. The Balaban J connectivity index is 1.53. The maximum Gasteiger partial charge on any atom is 0.342 e. The lowest BCUT2D eigenvalue weighted by Crippen LogP contribution is -2.23. The SMILES string of the molecule is CCOC(=O)/C(=C\c1ccc(OCCCOC2CCCCO2)cc1)C(=O)C1=CCCCO1. The van der Waals surface area contributed by atoms with Crippen LogP contribution in [0.3, 0.4) is 0 Å². The highest BCUT2D eigenvalue weighted by Crippen LogP contribution is 2.20. The van der Waals surface area contributed by atoms with Gasteiger partial charge in [-0.15, -0.1) is 0 Å². The molecular weight excluding hydrogens is 412 g/mol. The van der Waals surface area contributed by atoms with Gasteiger partial charge in [0, 0.05) is 13.0 Å². The lowest BCUT2D eigenvalue weighted by Gasteiger charge is -2.22. The normalized spacial score (nSPS) is 19.0. The van der Waals surface area contributed by atoms with Gasteiger partial charge in [0.15, 0.2) is 12.0 Å². The predicted octanol–water partition coefficient (Wildman–Crippen LogP) is 4.21. The molecular formula is C25H32O7. The van der Waals surface area contributed by atoms with E-state index < -0.39 is 11.8 Å². The molecule has 1 atom stereocenters. The minimum absolute atomic E-state index is 0.0456. The lowest BCUT2D eigenvalue weighted by molar-refractivity contribution is -0.163. The van der Waals surface area contributed by atoms with Crippen LogP contribution in [-0.4, -0.2) is 51.1 Å². The van der Waals surface area contributed by atoms with Crippen molar-refractivity contribution in [3.63, 3.8) is 0 Å². The summed E-state index contributed by atoms with van der Waals surface area (Å²) in [7, 11) is 0. The third-order valence-electron chi connectivity index (χ3n) is 5.09. The highest BCUT2D eigenvalue weighted by Gasteiger charge is 2.25. The number of ether oxygens (including phenoxy) is 5. The van der Waals surface area contributed by atoms with Gasteiger partial charge in [0.05, 0.1) is 26.4 Å². The fourth-order valence-electron chi connectivity index (χ4n) is 3.41. The Labute approximate surface area is 189 Å². The van der Waals surface area contributed by atoms with Gasteiger partial charge in [-0.25, -0.2) is 4.79 Å². The molecule has 0 amide bonds. The van der Waals surface area contributed by atoms with Gasteiger partial charge in [-0.1, -0.05) is 12.1 Å². The van der Waals surface area contributed by atoms with E-state index in [0.717, 1.165) is 45.1 Å². The fraction of sp³-hybridized carbons (Fsp3) is 0.520. The van der Waals surface area contributed by atoms with Gasteiger partial charge >= 0.3 is 5.97 Å². The Morgan fingerprint density at radius 2 is 1.94 bits per heavy atom. The molecule has 1 saturated heterocycles. The number of esters is 1. The number of benzene rings is 1. The molecule has 174 valence electrons. The summed E-state index contributed by atoms with van der Waals surface area (Å²) < 4.78 is 27.5. The largest absolute Gasteiger partial charge is 0.494 e. The second-order valence-corrected chi connectivity index (χ2v) is 7.60. The summed E-state index contributed by atoms with van der Waals surface area (Å²) in [6.07, 6.45) is 8.75. The van der Waals surface area contributed by atoms with Crippen molar-refractivity contribution in [2.75, 3.05) is 33.0 Å². The summed E-state index contributed by atoms with van der Waals surface area (Å²) in [4.78, 5) is 25.2. The number of hydrogen-bond donors (Lipinski definition) is 0. The van der Waals surface area contributed by atoms with E-state index in [9.17, 15) is 9.59 Å². The van der Waals surface area contributed by atoms with Crippen molar-refractivity contribution < 1.29 is 33.3 Å². The van der Waals surface area contributed by atoms with Crippen molar-refractivity contribution in [3.8, 4) is 5.75 Å². The van der Waals surface area contributed by atoms with Crippen molar-refractivity contribution in [1.82, 2.24) is 0 Å². The summed E-state index contributed by atoms with van der Waals surface area (Å²) in [5.41, 5.74) is 0.652. The van der Waals surface area contributed by atoms with Gasteiger partial charge in [-0.2, -0.15) is 0 Å². The maximum atomic E-state index is 12.8. The first kappa shape index (κ1) is 24.0. The molecule has 7 nitrogen and oxygen atoms in total. The molecule has 3 rings (SSSR count). The second kappa shape index (κ2) is 13.0. The third-order valence-corrected chi connectivity index (χ3v) is 5.09.